The van der Waals surface area contributed by atoms with Gasteiger partial charge in [-0.3, -0.25) is 0 Å². The highest BCUT2D eigenvalue weighted by atomic mass is 79.9. The first-order valence-corrected chi connectivity index (χ1v) is 8.06. The molecule has 0 saturated heterocycles. The van der Waals surface area contributed by atoms with Gasteiger partial charge >= 0.3 is 0 Å². The van der Waals surface area contributed by atoms with Gasteiger partial charge in [0.25, 0.3) is 0 Å². The summed E-state index contributed by atoms with van der Waals surface area (Å²) in [5, 5.41) is 3.76. The summed E-state index contributed by atoms with van der Waals surface area (Å²) in [6.45, 7) is 4.47. The Hall–Kier alpha value is -1.12. The molecule has 2 atom stereocenters. The van der Waals surface area contributed by atoms with Gasteiger partial charge in [-0.05, 0) is 36.6 Å². The lowest BCUT2D eigenvalue weighted by atomic mass is 10.00. The minimum atomic E-state index is 0.337. The van der Waals surface area contributed by atoms with E-state index in [1.807, 2.05) is 0 Å². The van der Waals surface area contributed by atoms with E-state index in [4.69, 9.17) is 0 Å². The molecule has 2 aromatic carbocycles. The van der Waals surface area contributed by atoms with Crippen LogP contribution in [0.25, 0.3) is 0 Å². The molecule has 2 unspecified atom stereocenters. The Morgan fingerprint density at radius 2 is 1.70 bits per heavy atom. The third kappa shape index (κ3) is 4.19. The average molecular weight is 332 g/mol. The number of halogens is 1. The molecule has 0 aliphatic carbocycles. The van der Waals surface area contributed by atoms with Gasteiger partial charge in [0.15, 0.2) is 0 Å². The van der Waals surface area contributed by atoms with Crippen molar-refractivity contribution < 1.29 is 0 Å². The molecule has 0 aromatic heterocycles. The molecule has 1 nitrogen and oxygen atoms in total. The zero-order chi connectivity index (χ0) is 14.4. The average Bonchev–Trinajstić information content (AvgIpc) is 2.47. The summed E-state index contributed by atoms with van der Waals surface area (Å²) in [5.41, 5.74) is 2.69. The van der Waals surface area contributed by atoms with Gasteiger partial charge < -0.3 is 5.32 Å². The van der Waals surface area contributed by atoms with Gasteiger partial charge in [0, 0.05) is 16.6 Å². The van der Waals surface area contributed by atoms with Gasteiger partial charge in [-0.2, -0.15) is 0 Å². The lowest BCUT2D eigenvalue weighted by Gasteiger charge is -2.24. The van der Waals surface area contributed by atoms with Crippen LogP contribution in [-0.2, 0) is 0 Å². The predicted molar refractivity (Wildman–Crippen MR) is 89.8 cm³/mol. The molecule has 2 rings (SSSR count). The van der Waals surface area contributed by atoms with Crippen molar-refractivity contribution in [1.82, 2.24) is 5.32 Å². The van der Waals surface area contributed by atoms with Gasteiger partial charge in [-0.25, -0.2) is 0 Å². The van der Waals surface area contributed by atoms with Crippen LogP contribution in [0.5, 0.6) is 0 Å². The SMILES string of the molecule is CCCC(NC(C)c1cccc(Br)c1)c1ccccc1. The molecule has 0 saturated carbocycles. The van der Waals surface area contributed by atoms with Crippen molar-refractivity contribution in [2.24, 2.45) is 0 Å². The van der Waals surface area contributed by atoms with Crippen molar-refractivity contribution in [1.29, 1.82) is 0 Å². The van der Waals surface area contributed by atoms with Crippen LogP contribution in [0, 0.1) is 0 Å². The summed E-state index contributed by atoms with van der Waals surface area (Å²) in [6, 6.07) is 20.0. The van der Waals surface area contributed by atoms with Gasteiger partial charge in [0.05, 0.1) is 0 Å². The Balaban J connectivity index is 2.12. The molecule has 0 bridgehead atoms. The molecule has 1 N–H and O–H groups in total. The fourth-order valence-electron chi connectivity index (χ4n) is 2.49. The maximum Gasteiger partial charge on any atom is 0.0325 e. The highest BCUT2D eigenvalue weighted by Crippen LogP contribution is 2.24. The molecular weight excluding hydrogens is 310 g/mol. The number of hydrogen-bond acceptors (Lipinski definition) is 1. The molecular formula is C18H22BrN. The van der Waals surface area contributed by atoms with E-state index < -0.39 is 0 Å². The molecule has 106 valence electrons. The molecule has 0 radical (unpaired) electrons. The fourth-order valence-corrected chi connectivity index (χ4v) is 2.91. The van der Waals surface area contributed by atoms with Crippen LogP contribution < -0.4 is 5.32 Å². The molecule has 0 amide bonds. The molecule has 20 heavy (non-hydrogen) atoms. The Morgan fingerprint density at radius 3 is 2.35 bits per heavy atom. The summed E-state index contributed by atoms with van der Waals surface area (Å²) in [6.07, 6.45) is 2.33. The standard InChI is InChI=1S/C18H22BrN/c1-3-8-18(15-9-5-4-6-10-15)20-14(2)16-11-7-12-17(19)13-16/h4-7,9-14,18,20H,3,8H2,1-2H3. The Kier molecular flexibility index (Phi) is 5.81. The van der Waals surface area contributed by atoms with Gasteiger partial charge in [0.1, 0.15) is 0 Å². The first-order chi connectivity index (χ1) is 9.70. The second kappa shape index (κ2) is 7.61. The van der Waals surface area contributed by atoms with Crippen molar-refractivity contribution in [3.05, 3.63) is 70.2 Å². The lowest BCUT2D eigenvalue weighted by Crippen LogP contribution is -2.24. The third-order valence-electron chi connectivity index (χ3n) is 3.58. The summed E-state index contributed by atoms with van der Waals surface area (Å²) in [4.78, 5) is 0. The molecule has 0 heterocycles. The Bertz CT molecular complexity index is 524. The molecule has 0 aliphatic heterocycles. The van der Waals surface area contributed by atoms with E-state index in [2.05, 4.69) is 89.7 Å². The normalized spacial score (nSPS) is 13.9. The maximum absolute atomic E-state index is 3.76. The van der Waals surface area contributed by atoms with Crippen molar-refractivity contribution >= 4 is 15.9 Å². The highest BCUT2D eigenvalue weighted by Gasteiger charge is 2.14. The zero-order valence-corrected chi connectivity index (χ0v) is 13.7. The minimum absolute atomic E-state index is 0.337. The summed E-state index contributed by atoms with van der Waals surface area (Å²) < 4.78 is 1.13. The van der Waals surface area contributed by atoms with E-state index in [1.165, 1.54) is 17.5 Å². The first-order valence-electron chi connectivity index (χ1n) is 7.27. The van der Waals surface area contributed by atoms with E-state index in [0.717, 1.165) is 10.9 Å². The molecule has 2 aromatic rings. The second-order valence-corrected chi connectivity index (χ2v) is 6.11. The summed E-state index contributed by atoms with van der Waals surface area (Å²) >= 11 is 3.54. The van der Waals surface area contributed by atoms with Gasteiger partial charge in [-0.1, -0.05) is 71.7 Å². The van der Waals surface area contributed by atoms with Crippen LogP contribution >= 0.6 is 15.9 Å². The van der Waals surface area contributed by atoms with Crippen molar-refractivity contribution in [2.75, 3.05) is 0 Å². The maximum atomic E-state index is 3.76. The third-order valence-corrected chi connectivity index (χ3v) is 4.07. The van der Waals surface area contributed by atoms with E-state index in [-0.39, 0.29) is 0 Å². The van der Waals surface area contributed by atoms with Crippen LogP contribution in [0.3, 0.4) is 0 Å². The van der Waals surface area contributed by atoms with Gasteiger partial charge in [0.2, 0.25) is 0 Å². The lowest BCUT2D eigenvalue weighted by molar-refractivity contribution is 0.439. The van der Waals surface area contributed by atoms with E-state index in [9.17, 15) is 0 Å². The smallest absolute Gasteiger partial charge is 0.0325 e. The first kappa shape index (κ1) is 15.3. The Morgan fingerprint density at radius 1 is 1.00 bits per heavy atom. The zero-order valence-electron chi connectivity index (χ0n) is 12.1. The number of hydrogen-bond donors (Lipinski definition) is 1. The molecule has 0 aliphatic rings. The van der Waals surface area contributed by atoms with E-state index >= 15 is 0 Å². The van der Waals surface area contributed by atoms with Crippen molar-refractivity contribution in [3.63, 3.8) is 0 Å². The van der Waals surface area contributed by atoms with Crippen LogP contribution in [0.1, 0.15) is 49.9 Å². The monoisotopic (exact) mass is 331 g/mol. The Labute approximate surface area is 130 Å². The predicted octanol–water partition coefficient (Wildman–Crippen LogP) is 5.64. The van der Waals surface area contributed by atoms with E-state index in [0.29, 0.717) is 12.1 Å². The summed E-state index contributed by atoms with van der Waals surface area (Å²) in [7, 11) is 0. The fraction of sp³-hybridized carbons (Fsp3) is 0.333. The second-order valence-electron chi connectivity index (χ2n) is 5.20. The molecule has 0 spiro atoms. The van der Waals surface area contributed by atoms with Crippen molar-refractivity contribution in [3.8, 4) is 0 Å². The minimum Gasteiger partial charge on any atom is -0.303 e. The van der Waals surface area contributed by atoms with E-state index in [1.54, 1.807) is 0 Å². The van der Waals surface area contributed by atoms with Crippen molar-refractivity contribution in [2.45, 2.75) is 38.8 Å². The number of nitrogens with one attached hydrogen (secondary N) is 1. The largest absolute Gasteiger partial charge is 0.303 e. The molecule has 0 fully saturated rings. The van der Waals surface area contributed by atoms with Crippen LogP contribution in [-0.4, -0.2) is 0 Å². The van der Waals surface area contributed by atoms with Crippen LogP contribution in [0.15, 0.2) is 59.1 Å². The summed E-state index contributed by atoms with van der Waals surface area (Å²) in [5.74, 6) is 0. The van der Waals surface area contributed by atoms with Gasteiger partial charge in [-0.15, -0.1) is 0 Å². The molecule has 2 heteroatoms. The van der Waals surface area contributed by atoms with Crippen LogP contribution in [0.4, 0.5) is 0 Å². The number of rotatable bonds is 6. The highest BCUT2D eigenvalue weighted by molar-refractivity contribution is 9.10. The number of benzene rings is 2. The topological polar surface area (TPSA) is 12.0 Å². The van der Waals surface area contributed by atoms with Crippen LogP contribution in [0.2, 0.25) is 0 Å². The quantitative estimate of drug-likeness (QED) is 0.722.